The zero-order chi connectivity index (χ0) is 11.8. The van der Waals surface area contributed by atoms with Gasteiger partial charge in [0.1, 0.15) is 0 Å². The van der Waals surface area contributed by atoms with Crippen LogP contribution in [0.5, 0.6) is 0 Å². The average Bonchev–Trinajstić information content (AvgIpc) is 2.72. The summed E-state index contributed by atoms with van der Waals surface area (Å²) in [5.41, 5.74) is 0. The number of nitriles is 1. The van der Waals surface area contributed by atoms with Crippen molar-refractivity contribution >= 4 is 11.8 Å². The highest BCUT2D eigenvalue weighted by Gasteiger charge is 2.10. The van der Waals surface area contributed by atoms with Gasteiger partial charge in [0.15, 0.2) is 0 Å². The van der Waals surface area contributed by atoms with Gasteiger partial charge < -0.3 is 5.32 Å². The normalized spacial score (nSPS) is 12.3. The van der Waals surface area contributed by atoms with Gasteiger partial charge in [-0.3, -0.25) is 0 Å². The first-order chi connectivity index (χ1) is 7.77. The van der Waals surface area contributed by atoms with Gasteiger partial charge in [0.05, 0.1) is 17.9 Å². The lowest BCUT2D eigenvalue weighted by Gasteiger charge is -2.05. The highest BCUT2D eigenvalue weighted by atomic mass is 32.2. The first kappa shape index (κ1) is 12.9. The lowest BCUT2D eigenvalue weighted by atomic mass is 10.5. The van der Waals surface area contributed by atoms with Crippen molar-refractivity contribution < 1.29 is 0 Å². The Hall–Kier alpha value is -1.13. The second kappa shape index (κ2) is 7.19. The van der Waals surface area contributed by atoms with E-state index in [4.69, 9.17) is 5.26 Å². The molecule has 1 atom stereocenters. The van der Waals surface area contributed by atoms with E-state index in [1.165, 1.54) is 11.8 Å². The van der Waals surface area contributed by atoms with Crippen molar-refractivity contribution in [2.75, 3.05) is 13.1 Å². The Bertz CT molecular complexity index is 344. The molecule has 0 bridgehead atoms. The Morgan fingerprint density at radius 1 is 1.56 bits per heavy atom. The molecule has 16 heavy (non-hydrogen) atoms. The quantitative estimate of drug-likeness (QED) is 0.557. The van der Waals surface area contributed by atoms with Crippen molar-refractivity contribution in [2.24, 2.45) is 0 Å². The maximum absolute atomic E-state index is 8.71. The molecule has 1 aromatic rings. The van der Waals surface area contributed by atoms with Gasteiger partial charge >= 0.3 is 0 Å². The standard InChI is InChI=1S/C9H16N6S/c1-3-4-11-5-6-15-9(12-13-14-15)16-8(2)7-10/h8,11H,3-6H2,1-2H3. The van der Waals surface area contributed by atoms with Crippen molar-refractivity contribution in [3.05, 3.63) is 0 Å². The van der Waals surface area contributed by atoms with Crippen LogP contribution < -0.4 is 5.32 Å². The minimum absolute atomic E-state index is 0.131. The molecule has 0 aliphatic carbocycles. The number of hydrogen-bond acceptors (Lipinski definition) is 6. The van der Waals surface area contributed by atoms with Gasteiger partial charge in [-0.05, 0) is 30.3 Å². The molecule has 88 valence electrons. The second-order valence-corrected chi connectivity index (χ2v) is 4.63. The van der Waals surface area contributed by atoms with Crippen LogP contribution in [-0.4, -0.2) is 38.5 Å². The molecule has 1 rings (SSSR count). The number of tetrazole rings is 1. The van der Waals surface area contributed by atoms with E-state index >= 15 is 0 Å². The molecule has 1 aromatic heterocycles. The molecule has 6 nitrogen and oxygen atoms in total. The Balaban J connectivity index is 2.41. The van der Waals surface area contributed by atoms with Gasteiger partial charge in [0, 0.05) is 6.54 Å². The van der Waals surface area contributed by atoms with Crippen molar-refractivity contribution in [1.82, 2.24) is 25.5 Å². The fourth-order valence-corrected chi connectivity index (χ4v) is 1.79. The predicted molar refractivity (Wildman–Crippen MR) is 61.9 cm³/mol. The van der Waals surface area contributed by atoms with Gasteiger partial charge in [-0.15, -0.1) is 5.10 Å². The van der Waals surface area contributed by atoms with Crippen LogP contribution in [0.3, 0.4) is 0 Å². The van der Waals surface area contributed by atoms with Gasteiger partial charge in [-0.1, -0.05) is 18.7 Å². The van der Waals surface area contributed by atoms with Crippen LogP contribution in [0.15, 0.2) is 5.16 Å². The molecule has 0 saturated carbocycles. The highest BCUT2D eigenvalue weighted by molar-refractivity contribution is 8.00. The zero-order valence-electron chi connectivity index (χ0n) is 9.55. The predicted octanol–water partition coefficient (Wildman–Crippen LogP) is 0.677. The largest absolute Gasteiger partial charge is 0.315 e. The Labute approximate surface area is 99.4 Å². The van der Waals surface area contributed by atoms with Crippen molar-refractivity contribution in [3.8, 4) is 6.07 Å². The van der Waals surface area contributed by atoms with Crippen LogP contribution in [0.1, 0.15) is 20.3 Å². The first-order valence-electron chi connectivity index (χ1n) is 5.31. The number of hydrogen-bond donors (Lipinski definition) is 1. The number of nitrogens with one attached hydrogen (secondary N) is 1. The molecular weight excluding hydrogens is 224 g/mol. The summed E-state index contributed by atoms with van der Waals surface area (Å²) < 4.78 is 1.72. The highest BCUT2D eigenvalue weighted by Crippen LogP contribution is 2.18. The van der Waals surface area contributed by atoms with E-state index in [9.17, 15) is 0 Å². The van der Waals surface area contributed by atoms with Crippen molar-refractivity contribution in [3.63, 3.8) is 0 Å². The van der Waals surface area contributed by atoms with Crippen LogP contribution in [0, 0.1) is 11.3 Å². The minimum atomic E-state index is -0.131. The summed E-state index contributed by atoms with van der Waals surface area (Å²) >= 11 is 1.38. The van der Waals surface area contributed by atoms with Gasteiger partial charge in [0.25, 0.3) is 0 Å². The lowest BCUT2D eigenvalue weighted by molar-refractivity contribution is 0.510. The fraction of sp³-hybridized carbons (Fsp3) is 0.778. The Morgan fingerprint density at radius 2 is 2.38 bits per heavy atom. The molecule has 1 unspecified atom stereocenters. The third-order valence-corrected chi connectivity index (χ3v) is 2.85. The smallest absolute Gasteiger partial charge is 0.210 e. The van der Waals surface area contributed by atoms with E-state index in [1.807, 2.05) is 6.92 Å². The van der Waals surface area contributed by atoms with Crippen LogP contribution in [0.4, 0.5) is 0 Å². The van der Waals surface area contributed by atoms with Crippen LogP contribution >= 0.6 is 11.8 Å². The molecule has 0 aliphatic heterocycles. The van der Waals surface area contributed by atoms with E-state index in [1.54, 1.807) is 4.68 Å². The molecule has 1 heterocycles. The summed E-state index contributed by atoms with van der Waals surface area (Å²) in [5.74, 6) is 0. The van der Waals surface area contributed by atoms with E-state index in [2.05, 4.69) is 33.8 Å². The second-order valence-electron chi connectivity index (χ2n) is 3.32. The maximum Gasteiger partial charge on any atom is 0.210 e. The fourth-order valence-electron chi connectivity index (χ4n) is 1.09. The summed E-state index contributed by atoms with van der Waals surface area (Å²) in [6.45, 7) is 6.53. The molecule has 0 radical (unpaired) electrons. The Morgan fingerprint density at radius 3 is 3.06 bits per heavy atom. The third-order valence-electron chi connectivity index (χ3n) is 1.89. The molecule has 7 heteroatoms. The molecular formula is C9H16N6S. The van der Waals surface area contributed by atoms with E-state index in [0.29, 0.717) is 5.16 Å². The monoisotopic (exact) mass is 240 g/mol. The number of nitrogens with zero attached hydrogens (tertiary/aromatic N) is 5. The Kier molecular flexibility index (Phi) is 5.82. The molecule has 1 N–H and O–H groups in total. The van der Waals surface area contributed by atoms with Crippen LogP contribution in [0.25, 0.3) is 0 Å². The summed E-state index contributed by atoms with van der Waals surface area (Å²) in [7, 11) is 0. The molecule has 0 saturated heterocycles. The first-order valence-corrected chi connectivity index (χ1v) is 6.19. The summed E-state index contributed by atoms with van der Waals surface area (Å²) in [6.07, 6.45) is 1.11. The lowest BCUT2D eigenvalue weighted by Crippen LogP contribution is -2.21. The number of rotatable bonds is 7. The van der Waals surface area contributed by atoms with E-state index < -0.39 is 0 Å². The van der Waals surface area contributed by atoms with Crippen LogP contribution in [-0.2, 0) is 6.54 Å². The van der Waals surface area contributed by atoms with Gasteiger partial charge in [-0.25, -0.2) is 4.68 Å². The molecule has 0 fully saturated rings. The SMILES string of the molecule is CCCNCCn1nnnc1SC(C)C#N. The number of aromatic nitrogens is 4. The molecule has 0 amide bonds. The summed E-state index contributed by atoms with van der Waals surface area (Å²) in [4.78, 5) is 0. The molecule has 0 aromatic carbocycles. The third kappa shape index (κ3) is 4.16. The topological polar surface area (TPSA) is 79.4 Å². The van der Waals surface area contributed by atoms with Gasteiger partial charge in [0.2, 0.25) is 5.16 Å². The van der Waals surface area contributed by atoms with E-state index in [0.717, 1.165) is 26.1 Å². The summed E-state index contributed by atoms with van der Waals surface area (Å²) in [6, 6.07) is 2.15. The van der Waals surface area contributed by atoms with Gasteiger partial charge in [-0.2, -0.15) is 5.26 Å². The van der Waals surface area contributed by atoms with Crippen molar-refractivity contribution in [1.29, 1.82) is 5.26 Å². The minimum Gasteiger partial charge on any atom is -0.315 e. The average molecular weight is 240 g/mol. The van der Waals surface area contributed by atoms with E-state index in [-0.39, 0.29) is 5.25 Å². The van der Waals surface area contributed by atoms with Crippen LogP contribution in [0.2, 0.25) is 0 Å². The number of thioether (sulfide) groups is 1. The zero-order valence-corrected chi connectivity index (χ0v) is 10.4. The van der Waals surface area contributed by atoms with Crippen molar-refractivity contribution in [2.45, 2.75) is 37.2 Å². The molecule has 0 spiro atoms. The molecule has 0 aliphatic rings. The summed E-state index contributed by atoms with van der Waals surface area (Å²) in [5, 5.41) is 23.9. The maximum atomic E-state index is 8.71.